The number of halogens is 3. The predicted molar refractivity (Wildman–Crippen MR) is 141 cm³/mol. The lowest BCUT2D eigenvalue weighted by molar-refractivity contribution is -0.137. The summed E-state index contributed by atoms with van der Waals surface area (Å²) in [6, 6.07) is 12.6. The number of nitrogens with zero attached hydrogens (tertiary/aromatic N) is 2. The van der Waals surface area contributed by atoms with Gasteiger partial charge in [0.15, 0.2) is 11.5 Å². The highest BCUT2D eigenvalue weighted by atomic mass is 19.4. The van der Waals surface area contributed by atoms with Gasteiger partial charge >= 0.3 is 12.2 Å². The summed E-state index contributed by atoms with van der Waals surface area (Å²) in [6.45, 7) is 2.57. The summed E-state index contributed by atoms with van der Waals surface area (Å²) in [4.78, 5) is 29.9. The maximum Gasteiger partial charge on any atom is 0.416 e. The number of carbonyl (C=O) groups excluding carboxylic acids is 2. The Bertz CT molecular complexity index is 1390. The summed E-state index contributed by atoms with van der Waals surface area (Å²) >= 11 is 0. The lowest BCUT2D eigenvalue weighted by Gasteiger charge is -2.29. The van der Waals surface area contributed by atoms with E-state index in [0.717, 1.165) is 24.1 Å². The zero-order valence-electron chi connectivity index (χ0n) is 22.4. The van der Waals surface area contributed by atoms with E-state index in [2.05, 4.69) is 5.32 Å². The molecule has 1 saturated heterocycles. The smallest absolute Gasteiger partial charge is 0.416 e. The normalized spacial score (nSPS) is 16.0. The molecule has 1 aromatic heterocycles. The predicted octanol–water partition coefficient (Wildman–Crippen LogP) is 5.58. The molecule has 2 aliphatic rings. The molecule has 41 heavy (non-hydrogen) atoms. The first-order valence-electron chi connectivity index (χ1n) is 13.2. The van der Waals surface area contributed by atoms with Crippen LogP contribution in [0.2, 0.25) is 0 Å². The Kier molecular flexibility index (Phi) is 8.39. The fraction of sp³-hybridized carbons (Fsp3) is 0.379. The van der Waals surface area contributed by atoms with Gasteiger partial charge in [0.05, 0.1) is 18.2 Å². The van der Waals surface area contributed by atoms with Crippen molar-refractivity contribution in [1.29, 1.82) is 0 Å². The minimum Gasteiger partial charge on any atom is -0.464 e. The molecule has 9 nitrogen and oxygen atoms in total. The highest BCUT2D eigenvalue weighted by molar-refractivity contribution is 5.92. The number of aryl methyl sites for hydroxylation is 1. The number of ether oxygens (including phenoxy) is 3. The van der Waals surface area contributed by atoms with Crippen LogP contribution in [0.25, 0.3) is 0 Å². The van der Waals surface area contributed by atoms with Crippen LogP contribution in [0.5, 0.6) is 11.5 Å². The number of fused-ring (bicyclic) bond motifs is 1. The largest absolute Gasteiger partial charge is 0.464 e. The van der Waals surface area contributed by atoms with Crippen LogP contribution in [-0.2, 0) is 28.8 Å². The van der Waals surface area contributed by atoms with Gasteiger partial charge in [0.1, 0.15) is 18.1 Å². The summed E-state index contributed by atoms with van der Waals surface area (Å²) < 4.78 is 61.9. The fourth-order valence-corrected chi connectivity index (χ4v) is 4.74. The number of nitrogens with one attached hydrogen (secondary N) is 1. The summed E-state index contributed by atoms with van der Waals surface area (Å²) in [5.74, 6) is 2.06. The van der Waals surface area contributed by atoms with Crippen molar-refractivity contribution in [2.24, 2.45) is 0 Å². The van der Waals surface area contributed by atoms with E-state index >= 15 is 0 Å². The molecular formula is C29H30F3N3O6. The molecule has 5 rings (SSSR count). The highest BCUT2D eigenvalue weighted by Gasteiger charge is 2.31. The van der Waals surface area contributed by atoms with E-state index in [4.69, 9.17) is 18.6 Å². The molecule has 3 aromatic rings. The maximum atomic E-state index is 13.7. The van der Waals surface area contributed by atoms with Crippen LogP contribution < -0.4 is 14.8 Å². The monoisotopic (exact) mass is 573 g/mol. The second-order valence-electron chi connectivity index (χ2n) is 9.97. The maximum absolute atomic E-state index is 13.7. The van der Waals surface area contributed by atoms with Crippen molar-refractivity contribution in [3.63, 3.8) is 0 Å². The van der Waals surface area contributed by atoms with Gasteiger partial charge in [-0.15, -0.1) is 0 Å². The topological polar surface area (TPSA) is 93.5 Å². The van der Waals surface area contributed by atoms with E-state index in [1.165, 1.54) is 17.0 Å². The van der Waals surface area contributed by atoms with Crippen molar-refractivity contribution in [2.45, 2.75) is 45.1 Å². The average Bonchev–Trinajstić information content (AvgIpc) is 3.70. The Morgan fingerprint density at radius 1 is 1.00 bits per heavy atom. The highest BCUT2D eigenvalue weighted by Crippen LogP contribution is 2.33. The molecule has 2 aromatic carbocycles. The third kappa shape index (κ3) is 7.31. The molecule has 0 bridgehead atoms. The molecule has 3 amide bonds. The summed E-state index contributed by atoms with van der Waals surface area (Å²) in [6.07, 6.45) is -3.33. The first-order valence-corrected chi connectivity index (χ1v) is 13.2. The zero-order chi connectivity index (χ0) is 29.0. The van der Waals surface area contributed by atoms with Gasteiger partial charge in [0, 0.05) is 25.4 Å². The number of benzene rings is 2. The van der Waals surface area contributed by atoms with Gasteiger partial charge in [-0.3, -0.25) is 4.79 Å². The molecular weight excluding hydrogens is 543 g/mol. The molecule has 0 spiro atoms. The van der Waals surface area contributed by atoms with Crippen molar-refractivity contribution in [3.8, 4) is 11.5 Å². The van der Waals surface area contributed by atoms with Gasteiger partial charge in [-0.1, -0.05) is 12.1 Å². The molecule has 12 heteroatoms. The zero-order valence-corrected chi connectivity index (χ0v) is 22.4. The van der Waals surface area contributed by atoms with Crippen LogP contribution in [0.15, 0.2) is 59.0 Å². The molecule has 0 saturated carbocycles. The summed E-state index contributed by atoms with van der Waals surface area (Å²) in [5, 5.41) is 2.52. The Morgan fingerprint density at radius 2 is 1.83 bits per heavy atom. The third-order valence-electron chi connectivity index (χ3n) is 6.81. The van der Waals surface area contributed by atoms with E-state index in [-0.39, 0.29) is 50.7 Å². The number of urea groups is 1. The number of hydrogen-bond acceptors (Lipinski definition) is 6. The number of alkyl halides is 3. The molecule has 1 N–H and O–H groups in total. The van der Waals surface area contributed by atoms with E-state index in [9.17, 15) is 22.8 Å². The molecule has 2 aliphatic heterocycles. The number of furan rings is 1. The van der Waals surface area contributed by atoms with E-state index in [1.54, 1.807) is 36.1 Å². The van der Waals surface area contributed by atoms with Crippen LogP contribution in [0, 0.1) is 6.92 Å². The number of amides is 3. The third-order valence-corrected chi connectivity index (χ3v) is 6.81. The van der Waals surface area contributed by atoms with Gasteiger partial charge in [-0.2, -0.15) is 13.2 Å². The first-order chi connectivity index (χ1) is 19.6. The lowest BCUT2D eigenvalue weighted by atomic mass is 10.1. The van der Waals surface area contributed by atoms with Crippen LogP contribution >= 0.6 is 0 Å². The molecule has 1 atom stereocenters. The van der Waals surface area contributed by atoms with Crippen LogP contribution in [0.4, 0.5) is 23.7 Å². The Balaban J connectivity index is 1.35. The van der Waals surface area contributed by atoms with Gasteiger partial charge in [-0.05, 0) is 67.8 Å². The molecule has 1 unspecified atom stereocenters. The summed E-state index contributed by atoms with van der Waals surface area (Å²) in [7, 11) is 0. The van der Waals surface area contributed by atoms with E-state index < -0.39 is 17.8 Å². The van der Waals surface area contributed by atoms with Crippen molar-refractivity contribution < 1.29 is 41.4 Å². The van der Waals surface area contributed by atoms with Gasteiger partial charge < -0.3 is 33.7 Å². The van der Waals surface area contributed by atoms with Crippen LogP contribution in [-0.4, -0.2) is 54.3 Å². The van der Waals surface area contributed by atoms with Crippen molar-refractivity contribution >= 4 is 17.6 Å². The molecule has 0 radical (unpaired) electrons. The lowest BCUT2D eigenvalue weighted by Crippen LogP contribution is -2.46. The second-order valence-corrected chi connectivity index (χ2v) is 9.97. The SMILES string of the molecule is Cc1ccc(CN(Cc2ccc3c(c2)OCO3)C(=O)CN(CC2CCCO2)C(=O)Nc2cccc(C(F)(F)F)c2)o1. The number of anilines is 1. The molecule has 0 aliphatic carbocycles. The molecule has 1 fully saturated rings. The first kappa shape index (κ1) is 28.3. The quantitative estimate of drug-likeness (QED) is 0.360. The second kappa shape index (κ2) is 12.1. The van der Waals surface area contributed by atoms with Gasteiger partial charge in [0.2, 0.25) is 12.7 Å². The number of carbonyl (C=O) groups is 2. The summed E-state index contributed by atoms with van der Waals surface area (Å²) in [5.41, 5.74) is -0.136. The van der Waals surface area contributed by atoms with E-state index in [1.807, 2.05) is 6.07 Å². The van der Waals surface area contributed by atoms with Gasteiger partial charge in [0.25, 0.3) is 0 Å². The van der Waals surface area contributed by atoms with Crippen molar-refractivity contribution in [1.82, 2.24) is 9.80 Å². The Hall–Kier alpha value is -4.19. The minimum absolute atomic E-state index is 0.0297. The van der Waals surface area contributed by atoms with Crippen molar-refractivity contribution in [3.05, 3.63) is 77.2 Å². The molecule has 3 heterocycles. The number of hydrogen-bond donors (Lipinski definition) is 1. The average molecular weight is 574 g/mol. The van der Waals surface area contributed by atoms with Gasteiger partial charge in [-0.25, -0.2) is 4.79 Å². The standard InChI is InChI=1S/C29H30F3N3O6/c1-19-7-9-24(41-19)16-34(14-20-8-10-25-26(12-20)40-18-39-25)27(36)17-35(15-23-6-3-11-38-23)28(37)33-22-5-2-4-21(13-22)29(30,31)32/h2,4-5,7-10,12-13,23H,3,6,11,14-18H2,1H3,(H,33,37). The molecule has 218 valence electrons. The fourth-order valence-electron chi connectivity index (χ4n) is 4.74. The van der Waals surface area contributed by atoms with Crippen LogP contribution in [0.1, 0.15) is 35.5 Å². The minimum atomic E-state index is -4.56. The number of rotatable bonds is 9. The Labute approximate surface area is 234 Å². The van der Waals surface area contributed by atoms with Crippen LogP contribution in [0.3, 0.4) is 0 Å². The Morgan fingerprint density at radius 3 is 2.56 bits per heavy atom. The van der Waals surface area contributed by atoms with E-state index in [0.29, 0.717) is 36.0 Å². The van der Waals surface area contributed by atoms with Crippen molar-refractivity contribution in [2.75, 3.05) is 31.8 Å².